The monoisotopic (exact) mass is 342 g/mol. The maximum absolute atomic E-state index is 5.54. The summed E-state index contributed by atoms with van der Waals surface area (Å²) in [6.07, 6.45) is 7.25. The average molecular weight is 342 g/mol. The molecule has 1 aliphatic carbocycles. The molecule has 0 radical (unpaired) electrons. The van der Waals surface area contributed by atoms with E-state index in [1.54, 1.807) is 11.3 Å². The van der Waals surface area contributed by atoms with Crippen LogP contribution in [0.3, 0.4) is 0 Å². The Bertz CT molecular complexity index is 850. The fraction of sp³-hybridized carbons (Fsp3) is 0.412. The van der Waals surface area contributed by atoms with Crippen LogP contribution in [0.5, 0.6) is 11.5 Å². The van der Waals surface area contributed by atoms with E-state index in [1.807, 2.05) is 22.7 Å². The Balaban J connectivity index is 1.33. The molecule has 1 saturated carbocycles. The molecule has 124 valence electrons. The molecule has 3 heterocycles. The summed E-state index contributed by atoms with van der Waals surface area (Å²) in [6.45, 7) is 0.944. The third kappa shape index (κ3) is 2.39. The van der Waals surface area contributed by atoms with Gasteiger partial charge in [-0.1, -0.05) is 36.3 Å². The van der Waals surface area contributed by atoms with Gasteiger partial charge in [-0.05, 0) is 18.9 Å². The molecule has 0 atom stereocenters. The zero-order chi connectivity index (χ0) is 15.9. The minimum Gasteiger partial charge on any atom is -0.454 e. The molecule has 2 aromatic heterocycles. The molecule has 24 heavy (non-hydrogen) atoms. The molecule has 1 fully saturated rings. The number of para-hydroxylation sites is 1. The molecule has 1 N–H and O–H groups in total. The van der Waals surface area contributed by atoms with Crippen LogP contribution in [-0.2, 0) is 6.54 Å². The Morgan fingerprint density at radius 1 is 1.25 bits per heavy atom. The fourth-order valence-corrected chi connectivity index (χ4v) is 4.29. The van der Waals surface area contributed by atoms with Crippen molar-refractivity contribution in [1.82, 2.24) is 14.6 Å². The summed E-state index contributed by atoms with van der Waals surface area (Å²) in [4.78, 5) is 5.72. The van der Waals surface area contributed by atoms with Crippen LogP contribution < -0.4 is 14.8 Å². The van der Waals surface area contributed by atoms with Crippen LogP contribution in [0.2, 0.25) is 0 Å². The Morgan fingerprint density at radius 2 is 2.17 bits per heavy atom. The van der Waals surface area contributed by atoms with Gasteiger partial charge < -0.3 is 14.8 Å². The summed E-state index contributed by atoms with van der Waals surface area (Å²) < 4.78 is 12.8. The largest absolute Gasteiger partial charge is 0.454 e. The van der Waals surface area contributed by atoms with Gasteiger partial charge in [0.2, 0.25) is 16.9 Å². The summed E-state index contributed by atoms with van der Waals surface area (Å²) in [6, 6.07) is 5.94. The van der Waals surface area contributed by atoms with E-state index in [4.69, 9.17) is 14.5 Å². The van der Waals surface area contributed by atoms with Gasteiger partial charge in [-0.3, -0.25) is 0 Å². The van der Waals surface area contributed by atoms with Gasteiger partial charge in [0, 0.05) is 18.0 Å². The van der Waals surface area contributed by atoms with Crippen LogP contribution in [-0.4, -0.2) is 21.4 Å². The smallest absolute Gasteiger partial charge is 0.231 e. The summed E-state index contributed by atoms with van der Waals surface area (Å²) in [5.74, 6) is 2.26. The number of rotatable bonds is 4. The van der Waals surface area contributed by atoms with Gasteiger partial charge in [-0.25, -0.2) is 9.50 Å². The van der Waals surface area contributed by atoms with E-state index >= 15 is 0 Å². The number of ether oxygens (including phenoxy) is 2. The molecule has 1 aromatic carbocycles. The van der Waals surface area contributed by atoms with Gasteiger partial charge in [0.25, 0.3) is 0 Å². The molecule has 5 rings (SSSR count). The highest BCUT2D eigenvalue weighted by Crippen LogP contribution is 2.36. The van der Waals surface area contributed by atoms with Crippen molar-refractivity contribution in [2.45, 2.75) is 38.1 Å². The maximum atomic E-state index is 5.54. The van der Waals surface area contributed by atoms with Crippen molar-refractivity contribution in [2.75, 3.05) is 12.1 Å². The predicted octanol–water partition coefficient (Wildman–Crippen LogP) is 3.79. The summed E-state index contributed by atoms with van der Waals surface area (Å²) in [5.41, 5.74) is 2.27. The lowest BCUT2D eigenvalue weighted by Gasteiger charge is -2.06. The van der Waals surface area contributed by atoms with Crippen molar-refractivity contribution < 1.29 is 9.47 Å². The van der Waals surface area contributed by atoms with E-state index < -0.39 is 0 Å². The van der Waals surface area contributed by atoms with Gasteiger partial charge in [0.1, 0.15) is 0 Å². The van der Waals surface area contributed by atoms with Crippen molar-refractivity contribution in [3.63, 3.8) is 0 Å². The highest BCUT2D eigenvalue weighted by molar-refractivity contribution is 7.20. The first-order valence-electron chi connectivity index (χ1n) is 8.34. The van der Waals surface area contributed by atoms with Gasteiger partial charge in [0.15, 0.2) is 11.5 Å². The molecule has 0 unspecified atom stereocenters. The Morgan fingerprint density at radius 3 is 3.04 bits per heavy atom. The zero-order valence-electron chi connectivity index (χ0n) is 13.2. The molecule has 0 saturated heterocycles. The Kier molecular flexibility index (Phi) is 3.33. The molecule has 0 spiro atoms. The number of imidazole rings is 1. The second-order valence-electron chi connectivity index (χ2n) is 6.29. The van der Waals surface area contributed by atoms with E-state index in [9.17, 15) is 0 Å². The quantitative estimate of drug-likeness (QED) is 0.782. The number of nitrogens with one attached hydrogen (secondary N) is 1. The minimum absolute atomic E-state index is 0.293. The van der Waals surface area contributed by atoms with E-state index in [2.05, 4.69) is 16.6 Å². The van der Waals surface area contributed by atoms with Crippen molar-refractivity contribution in [1.29, 1.82) is 0 Å². The number of benzene rings is 1. The predicted molar refractivity (Wildman–Crippen MR) is 92.0 cm³/mol. The molecule has 3 aromatic rings. The molecule has 2 aliphatic rings. The van der Waals surface area contributed by atoms with Crippen LogP contribution in [0.4, 0.5) is 5.13 Å². The molecule has 0 bridgehead atoms. The molecule has 6 nitrogen and oxygen atoms in total. The fourth-order valence-electron chi connectivity index (χ4n) is 3.51. The third-order valence-corrected chi connectivity index (χ3v) is 5.62. The molecule has 1 aliphatic heterocycles. The van der Waals surface area contributed by atoms with Crippen molar-refractivity contribution >= 4 is 21.4 Å². The first-order valence-corrected chi connectivity index (χ1v) is 9.16. The zero-order valence-corrected chi connectivity index (χ0v) is 14.0. The highest BCUT2D eigenvalue weighted by Gasteiger charge is 2.21. The van der Waals surface area contributed by atoms with Crippen molar-refractivity contribution in [2.24, 2.45) is 0 Å². The Hall–Kier alpha value is -2.28. The lowest BCUT2D eigenvalue weighted by atomic mass is 10.1. The summed E-state index contributed by atoms with van der Waals surface area (Å²) in [7, 11) is 0. The first kappa shape index (κ1) is 14.1. The second-order valence-corrected chi connectivity index (χ2v) is 7.24. The van der Waals surface area contributed by atoms with E-state index in [0.717, 1.165) is 27.2 Å². The van der Waals surface area contributed by atoms with Crippen LogP contribution in [0, 0.1) is 0 Å². The van der Waals surface area contributed by atoms with Gasteiger partial charge in [-0.15, -0.1) is 5.10 Å². The lowest BCUT2D eigenvalue weighted by molar-refractivity contribution is 0.173. The normalized spacial score (nSPS) is 17.0. The second kappa shape index (κ2) is 5.66. The number of nitrogens with zero attached hydrogens (tertiary/aromatic N) is 3. The molecular formula is C17H18N4O2S. The topological polar surface area (TPSA) is 60.7 Å². The number of anilines is 1. The third-order valence-electron chi connectivity index (χ3n) is 4.74. The van der Waals surface area contributed by atoms with Gasteiger partial charge in [0.05, 0.1) is 11.9 Å². The van der Waals surface area contributed by atoms with Crippen LogP contribution in [0.15, 0.2) is 24.4 Å². The van der Waals surface area contributed by atoms with Crippen molar-refractivity contribution in [3.8, 4) is 11.5 Å². The maximum Gasteiger partial charge on any atom is 0.231 e. The molecular weight excluding hydrogens is 324 g/mol. The summed E-state index contributed by atoms with van der Waals surface area (Å²) in [5, 5.41) is 8.84. The van der Waals surface area contributed by atoms with E-state index in [-0.39, 0.29) is 0 Å². The number of aromatic nitrogens is 3. The number of hydrogen-bond acceptors (Lipinski definition) is 6. The van der Waals surface area contributed by atoms with Crippen LogP contribution in [0.1, 0.15) is 42.9 Å². The minimum atomic E-state index is 0.293. The standard InChI is InChI=1S/C17H18N4O2S/c1-2-5-11(4-1)13-9-21-17(19-13)24-16(20-21)18-8-12-6-3-7-14-15(12)23-10-22-14/h3,6-7,9,11H,1-2,4-5,8,10H2,(H,18,20). The van der Waals surface area contributed by atoms with Crippen molar-refractivity contribution in [3.05, 3.63) is 35.7 Å². The first-order chi connectivity index (χ1) is 11.9. The molecule has 7 heteroatoms. The summed E-state index contributed by atoms with van der Waals surface area (Å²) >= 11 is 1.59. The SMILES string of the molecule is c1cc(CNc2nn3cc(C4CCCC4)nc3s2)c2c(c1)OCO2. The number of hydrogen-bond donors (Lipinski definition) is 1. The van der Waals surface area contributed by atoms with E-state index in [0.29, 0.717) is 19.3 Å². The van der Waals surface area contributed by atoms with Crippen LogP contribution in [0.25, 0.3) is 4.96 Å². The average Bonchev–Trinajstić information content (AvgIpc) is 3.34. The number of fused-ring (bicyclic) bond motifs is 2. The van der Waals surface area contributed by atoms with Gasteiger partial charge >= 0.3 is 0 Å². The Labute approximate surface area is 143 Å². The van der Waals surface area contributed by atoms with Crippen LogP contribution >= 0.6 is 11.3 Å². The molecule has 0 amide bonds. The highest BCUT2D eigenvalue weighted by atomic mass is 32.1. The van der Waals surface area contributed by atoms with Gasteiger partial charge in [-0.2, -0.15) is 0 Å². The van der Waals surface area contributed by atoms with E-state index in [1.165, 1.54) is 31.4 Å². The lowest BCUT2D eigenvalue weighted by Crippen LogP contribution is -2.01.